The van der Waals surface area contributed by atoms with Crippen molar-refractivity contribution in [1.82, 2.24) is 5.32 Å². The monoisotopic (exact) mass is 273 g/mol. The first kappa shape index (κ1) is 13.9. The second-order valence-electron chi connectivity index (χ2n) is 6.65. The van der Waals surface area contributed by atoms with Crippen molar-refractivity contribution in [2.24, 2.45) is 5.92 Å². The molecule has 0 amide bonds. The van der Waals surface area contributed by atoms with Crippen LogP contribution in [0.25, 0.3) is 0 Å². The van der Waals surface area contributed by atoms with E-state index in [0.717, 1.165) is 12.3 Å². The molecule has 0 spiro atoms. The number of nitrogens with one attached hydrogen (secondary N) is 1. The summed E-state index contributed by atoms with van der Waals surface area (Å²) in [6.45, 7) is 2.30. The van der Waals surface area contributed by atoms with Crippen LogP contribution in [0.4, 0.5) is 0 Å². The van der Waals surface area contributed by atoms with Crippen molar-refractivity contribution in [3.63, 3.8) is 0 Å². The van der Waals surface area contributed by atoms with Crippen LogP contribution in [0, 0.1) is 5.92 Å². The van der Waals surface area contributed by atoms with Crippen LogP contribution in [0.3, 0.4) is 0 Å². The maximum absolute atomic E-state index is 9.56. The van der Waals surface area contributed by atoms with E-state index in [4.69, 9.17) is 0 Å². The molecular weight excluding hydrogens is 246 g/mol. The quantitative estimate of drug-likeness (QED) is 0.856. The minimum absolute atomic E-state index is 0.407. The smallest absolute Gasteiger partial charge is 0.115 e. The molecule has 1 atom stereocenters. The van der Waals surface area contributed by atoms with Crippen LogP contribution in [0.5, 0.6) is 5.75 Å². The van der Waals surface area contributed by atoms with E-state index in [-0.39, 0.29) is 0 Å². The van der Waals surface area contributed by atoms with Crippen molar-refractivity contribution < 1.29 is 5.11 Å². The Bertz CT molecular complexity index is 449. The number of aryl methyl sites for hydroxylation is 1. The molecule has 0 saturated heterocycles. The summed E-state index contributed by atoms with van der Waals surface area (Å²) in [6.07, 6.45) is 10.5. The summed E-state index contributed by atoms with van der Waals surface area (Å²) in [7, 11) is 0. The van der Waals surface area contributed by atoms with Gasteiger partial charge in [-0.25, -0.2) is 0 Å². The summed E-state index contributed by atoms with van der Waals surface area (Å²) in [4.78, 5) is 0. The highest BCUT2D eigenvalue weighted by Crippen LogP contribution is 2.35. The Balaban J connectivity index is 1.56. The SMILES string of the molecule is CCCC1CCC(NC2CCc3cc(O)ccc32)CC1. The predicted molar refractivity (Wildman–Crippen MR) is 83.0 cm³/mol. The van der Waals surface area contributed by atoms with Gasteiger partial charge in [0.25, 0.3) is 0 Å². The fraction of sp³-hybridized carbons (Fsp3) is 0.667. The average Bonchev–Trinajstić information content (AvgIpc) is 2.83. The minimum atomic E-state index is 0.407. The Morgan fingerprint density at radius 2 is 1.95 bits per heavy atom. The first-order valence-electron chi connectivity index (χ1n) is 8.34. The van der Waals surface area contributed by atoms with Crippen molar-refractivity contribution in [2.45, 2.75) is 70.4 Å². The van der Waals surface area contributed by atoms with Gasteiger partial charge >= 0.3 is 0 Å². The van der Waals surface area contributed by atoms with Crippen molar-refractivity contribution in [2.75, 3.05) is 0 Å². The maximum atomic E-state index is 9.56. The van der Waals surface area contributed by atoms with Crippen molar-refractivity contribution in [3.8, 4) is 5.75 Å². The van der Waals surface area contributed by atoms with Gasteiger partial charge in [0.1, 0.15) is 5.75 Å². The minimum Gasteiger partial charge on any atom is -0.508 e. The zero-order valence-electron chi connectivity index (χ0n) is 12.6. The molecule has 20 heavy (non-hydrogen) atoms. The third-order valence-electron chi connectivity index (χ3n) is 5.18. The van der Waals surface area contributed by atoms with Crippen LogP contribution in [-0.2, 0) is 6.42 Å². The van der Waals surface area contributed by atoms with Crippen molar-refractivity contribution in [3.05, 3.63) is 29.3 Å². The van der Waals surface area contributed by atoms with Gasteiger partial charge in [-0.1, -0.05) is 25.8 Å². The molecule has 1 unspecified atom stereocenters. The average molecular weight is 273 g/mol. The van der Waals surface area contributed by atoms with E-state index in [1.54, 1.807) is 0 Å². The molecule has 1 saturated carbocycles. The lowest BCUT2D eigenvalue weighted by Crippen LogP contribution is -2.35. The van der Waals surface area contributed by atoms with Gasteiger partial charge in [-0.05, 0) is 67.7 Å². The van der Waals surface area contributed by atoms with E-state index < -0.39 is 0 Å². The van der Waals surface area contributed by atoms with Crippen LogP contribution < -0.4 is 5.32 Å². The highest BCUT2D eigenvalue weighted by Gasteiger charge is 2.27. The van der Waals surface area contributed by atoms with Crippen LogP contribution in [0.15, 0.2) is 18.2 Å². The predicted octanol–water partition coefficient (Wildman–Crippen LogP) is 4.33. The largest absolute Gasteiger partial charge is 0.508 e. The summed E-state index contributed by atoms with van der Waals surface area (Å²) in [5.74, 6) is 1.38. The van der Waals surface area contributed by atoms with Gasteiger partial charge < -0.3 is 10.4 Å². The van der Waals surface area contributed by atoms with E-state index in [9.17, 15) is 5.11 Å². The van der Waals surface area contributed by atoms with Gasteiger partial charge in [0.2, 0.25) is 0 Å². The van der Waals surface area contributed by atoms with Crippen molar-refractivity contribution in [1.29, 1.82) is 0 Å². The summed E-state index contributed by atoms with van der Waals surface area (Å²) in [6, 6.07) is 7.09. The molecule has 0 bridgehead atoms. The van der Waals surface area contributed by atoms with E-state index in [0.29, 0.717) is 17.8 Å². The third-order valence-corrected chi connectivity index (χ3v) is 5.18. The molecule has 0 aliphatic heterocycles. The fourth-order valence-electron chi connectivity index (χ4n) is 4.09. The number of fused-ring (bicyclic) bond motifs is 1. The molecule has 110 valence electrons. The number of hydrogen-bond donors (Lipinski definition) is 2. The third kappa shape index (κ3) is 3.01. The summed E-state index contributed by atoms with van der Waals surface area (Å²) in [5.41, 5.74) is 2.75. The van der Waals surface area contributed by atoms with Crippen LogP contribution in [-0.4, -0.2) is 11.1 Å². The lowest BCUT2D eigenvalue weighted by Gasteiger charge is -2.31. The molecule has 3 rings (SSSR count). The number of hydrogen-bond acceptors (Lipinski definition) is 2. The van der Waals surface area contributed by atoms with Gasteiger partial charge in [0.05, 0.1) is 0 Å². The number of aromatic hydroxyl groups is 1. The first-order valence-corrected chi connectivity index (χ1v) is 8.34. The maximum Gasteiger partial charge on any atom is 0.115 e. The molecule has 1 aromatic rings. The Morgan fingerprint density at radius 3 is 2.70 bits per heavy atom. The Labute approximate surface area is 122 Å². The molecule has 1 fully saturated rings. The molecule has 2 aliphatic rings. The van der Waals surface area contributed by atoms with Gasteiger partial charge in [-0.2, -0.15) is 0 Å². The number of phenols is 1. The molecular formula is C18H27NO. The molecule has 0 radical (unpaired) electrons. The van der Waals surface area contributed by atoms with Crippen LogP contribution >= 0.6 is 0 Å². The van der Waals surface area contributed by atoms with Gasteiger partial charge in [0, 0.05) is 12.1 Å². The fourth-order valence-corrected chi connectivity index (χ4v) is 4.09. The van der Waals surface area contributed by atoms with Crippen LogP contribution in [0.1, 0.15) is 69.0 Å². The van der Waals surface area contributed by atoms with Gasteiger partial charge in [-0.15, -0.1) is 0 Å². The lowest BCUT2D eigenvalue weighted by atomic mass is 9.83. The molecule has 0 aromatic heterocycles. The molecule has 2 heteroatoms. The molecule has 2 nitrogen and oxygen atoms in total. The standard InChI is InChI=1S/C18H27NO/c1-2-3-13-4-7-15(8-5-13)19-18-11-6-14-12-16(20)9-10-17(14)18/h9-10,12-13,15,18-20H,2-8,11H2,1H3. The number of phenolic OH excluding ortho intramolecular Hbond substituents is 1. The first-order chi connectivity index (χ1) is 9.76. The molecule has 1 aromatic carbocycles. The van der Waals surface area contributed by atoms with E-state index in [2.05, 4.69) is 18.3 Å². The topological polar surface area (TPSA) is 32.3 Å². The number of benzene rings is 1. The highest BCUT2D eigenvalue weighted by molar-refractivity contribution is 5.40. The summed E-state index contributed by atoms with van der Waals surface area (Å²) in [5, 5.41) is 13.4. The van der Waals surface area contributed by atoms with E-state index >= 15 is 0 Å². The second-order valence-corrected chi connectivity index (χ2v) is 6.65. The molecule has 2 aliphatic carbocycles. The van der Waals surface area contributed by atoms with E-state index in [1.165, 1.54) is 56.1 Å². The zero-order chi connectivity index (χ0) is 13.9. The zero-order valence-corrected chi connectivity index (χ0v) is 12.6. The second kappa shape index (κ2) is 6.17. The molecule has 0 heterocycles. The summed E-state index contributed by atoms with van der Waals surface area (Å²) < 4.78 is 0. The normalized spacial score (nSPS) is 29.4. The Hall–Kier alpha value is -1.02. The summed E-state index contributed by atoms with van der Waals surface area (Å²) >= 11 is 0. The van der Waals surface area contributed by atoms with Gasteiger partial charge in [-0.3, -0.25) is 0 Å². The molecule has 2 N–H and O–H groups in total. The number of rotatable bonds is 4. The van der Waals surface area contributed by atoms with Crippen molar-refractivity contribution >= 4 is 0 Å². The lowest BCUT2D eigenvalue weighted by molar-refractivity contribution is 0.262. The van der Waals surface area contributed by atoms with Gasteiger partial charge in [0.15, 0.2) is 0 Å². The highest BCUT2D eigenvalue weighted by atomic mass is 16.3. The Morgan fingerprint density at radius 1 is 1.15 bits per heavy atom. The van der Waals surface area contributed by atoms with Crippen LogP contribution in [0.2, 0.25) is 0 Å². The Kier molecular flexibility index (Phi) is 4.30. The van der Waals surface area contributed by atoms with E-state index in [1.807, 2.05) is 12.1 Å².